The van der Waals surface area contributed by atoms with Crippen LogP contribution in [0.1, 0.15) is 17.7 Å². The number of aryl methyl sites for hydroxylation is 2. The van der Waals surface area contributed by atoms with Crippen LogP contribution in [0.4, 0.5) is 0 Å². The Hall–Kier alpha value is -2.30. The molecule has 5 nitrogen and oxygen atoms in total. The van der Waals surface area contributed by atoms with Crippen molar-refractivity contribution in [3.8, 4) is 5.69 Å². The molecule has 1 aromatic heterocycles. The monoisotopic (exact) mass is 313 g/mol. The molecule has 124 valence electrons. The van der Waals surface area contributed by atoms with Gasteiger partial charge in [-0.1, -0.05) is 18.2 Å². The zero-order chi connectivity index (χ0) is 16.8. The van der Waals surface area contributed by atoms with E-state index >= 15 is 0 Å². The van der Waals surface area contributed by atoms with Crippen molar-refractivity contribution >= 4 is 5.96 Å². The van der Waals surface area contributed by atoms with E-state index in [9.17, 15) is 0 Å². The van der Waals surface area contributed by atoms with Gasteiger partial charge >= 0.3 is 0 Å². The van der Waals surface area contributed by atoms with E-state index in [-0.39, 0.29) is 0 Å². The highest BCUT2D eigenvalue weighted by atomic mass is 15.3. The van der Waals surface area contributed by atoms with Gasteiger partial charge in [-0.2, -0.15) is 5.10 Å². The zero-order valence-electron chi connectivity index (χ0n) is 14.8. The molecule has 0 aliphatic heterocycles. The maximum Gasteiger partial charge on any atom is 0.195 e. The van der Waals surface area contributed by atoms with Crippen LogP contribution in [0.3, 0.4) is 0 Å². The van der Waals surface area contributed by atoms with E-state index in [1.54, 1.807) is 0 Å². The first-order chi connectivity index (χ1) is 11.0. The average Bonchev–Trinajstić information content (AvgIpc) is 2.88. The predicted molar refractivity (Wildman–Crippen MR) is 96.3 cm³/mol. The van der Waals surface area contributed by atoms with Gasteiger partial charge in [0.25, 0.3) is 0 Å². The van der Waals surface area contributed by atoms with Gasteiger partial charge in [0.2, 0.25) is 0 Å². The normalized spacial score (nSPS) is 10.5. The molecular weight excluding hydrogens is 286 g/mol. The van der Waals surface area contributed by atoms with Gasteiger partial charge < -0.3 is 9.80 Å². The Morgan fingerprint density at radius 2 is 1.74 bits per heavy atom. The number of nitrogens with zero attached hydrogens (tertiary/aromatic N) is 5. The molecule has 1 heterocycles. The van der Waals surface area contributed by atoms with Crippen molar-refractivity contribution in [3.63, 3.8) is 0 Å². The highest BCUT2D eigenvalue weighted by Gasteiger charge is 2.07. The Labute approximate surface area is 139 Å². The minimum Gasteiger partial charge on any atom is -0.349 e. The van der Waals surface area contributed by atoms with E-state index < -0.39 is 0 Å². The van der Waals surface area contributed by atoms with E-state index in [1.807, 2.05) is 60.9 Å². The van der Waals surface area contributed by atoms with Crippen LogP contribution in [-0.2, 0) is 6.42 Å². The fraction of sp³-hybridized carbons (Fsp3) is 0.444. The fourth-order valence-corrected chi connectivity index (χ4v) is 2.59. The summed E-state index contributed by atoms with van der Waals surface area (Å²) < 4.78 is 1.96. The minimum absolute atomic E-state index is 0.821. The minimum atomic E-state index is 0.821. The predicted octanol–water partition coefficient (Wildman–Crippen LogP) is 2.59. The second-order valence-electron chi connectivity index (χ2n) is 6.09. The van der Waals surface area contributed by atoms with Crippen molar-refractivity contribution in [2.75, 3.05) is 34.7 Å². The van der Waals surface area contributed by atoms with Crippen LogP contribution in [0, 0.1) is 6.92 Å². The van der Waals surface area contributed by atoms with Crippen LogP contribution >= 0.6 is 0 Å². The largest absolute Gasteiger partial charge is 0.349 e. The zero-order valence-corrected chi connectivity index (χ0v) is 14.8. The second kappa shape index (κ2) is 7.81. The highest BCUT2D eigenvalue weighted by Crippen LogP contribution is 2.13. The molecule has 0 radical (unpaired) electrons. The molecule has 0 amide bonds. The molecule has 0 saturated heterocycles. The van der Waals surface area contributed by atoms with E-state index in [0.717, 1.165) is 36.7 Å². The first kappa shape index (κ1) is 17.1. The summed E-state index contributed by atoms with van der Waals surface area (Å²) in [5.41, 5.74) is 3.49. The molecule has 2 rings (SSSR count). The third-order valence-corrected chi connectivity index (χ3v) is 3.68. The number of aliphatic imine (C=N–C) groups is 1. The summed E-state index contributed by atoms with van der Waals surface area (Å²) in [6.45, 7) is 2.89. The molecule has 0 bridgehead atoms. The lowest BCUT2D eigenvalue weighted by molar-refractivity contribution is 0.479. The van der Waals surface area contributed by atoms with Crippen molar-refractivity contribution in [2.45, 2.75) is 19.8 Å². The van der Waals surface area contributed by atoms with Gasteiger partial charge in [-0.15, -0.1) is 0 Å². The van der Waals surface area contributed by atoms with Crippen molar-refractivity contribution < 1.29 is 0 Å². The molecule has 0 spiro atoms. The van der Waals surface area contributed by atoms with Crippen LogP contribution in [0.2, 0.25) is 0 Å². The van der Waals surface area contributed by atoms with Crippen LogP contribution in [0.25, 0.3) is 5.69 Å². The summed E-state index contributed by atoms with van der Waals surface area (Å²) in [7, 11) is 8.08. The van der Waals surface area contributed by atoms with Gasteiger partial charge in [-0.25, -0.2) is 4.68 Å². The maximum atomic E-state index is 4.67. The van der Waals surface area contributed by atoms with Gasteiger partial charge in [-0.3, -0.25) is 4.99 Å². The summed E-state index contributed by atoms with van der Waals surface area (Å²) in [5.74, 6) is 1.00. The number of hydrogen-bond donors (Lipinski definition) is 0. The number of rotatable bonds is 5. The second-order valence-corrected chi connectivity index (χ2v) is 6.09. The van der Waals surface area contributed by atoms with E-state index in [2.05, 4.69) is 35.3 Å². The quantitative estimate of drug-likeness (QED) is 0.484. The topological polar surface area (TPSA) is 36.7 Å². The molecule has 0 unspecified atom stereocenters. The van der Waals surface area contributed by atoms with E-state index in [1.165, 1.54) is 5.56 Å². The van der Waals surface area contributed by atoms with E-state index in [4.69, 9.17) is 0 Å². The van der Waals surface area contributed by atoms with Crippen LogP contribution in [-0.4, -0.2) is 60.3 Å². The Kier molecular flexibility index (Phi) is 5.79. The molecular formula is C18H27N5. The van der Waals surface area contributed by atoms with Crippen LogP contribution in [0.15, 0.2) is 41.5 Å². The number of hydrogen-bond acceptors (Lipinski definition) is 2. The molecule has 0 saturated carbocycles. The molecule has 0 fully saturated rings. The van der Waals surface area contributed by atoms with Gasteiger partial charge in [0.1, 0.15) is 0 Å². The standard InChI is InChI=1S/C18H27N5/c1-15-16(10-9-13-19-18(21(2)3)22(4)5)14-23(20-15)17-11-7-6-8-12-17/h6-8,11-12,14H,9-10,13H2,1-5H3. The Morgan fingerprint density at radius 3 is 2.35 bits per heavy atom. The average molecular weight is 313 g/mol. The number of guanidine groups is 1. The number of benzene rings is 1. The Balaban J connectivity index is 1.97. The lowest BCUT2D eigenvalue weighted by Gasteiger charge is -2.22. The third kappa shape index (κ3) is 4.58. The maximum absolute atomic E-state index is 4.67. The molecule has 23 heavy (non-hydrogen) atoms. The first-order valence-electron chi connectivity index (χ1n) is 7.98. The van der Waals surface area contributed by atoms with Gasteiger partial charge in [0, 0.05) is 40.9 Å². The number of para-hydroxylation sites is 1. The van der Waals surface area contributed by atoms with Crippen molar-refractivity contribution in [2.24, 2.45) is 4.99 Å². The molecule has 0 atom stereocenters. The molecule has 0 aliphatic rings. The third-order valence-electron chi connectivity index (χ3n) is 3.68. The molecule has 5 heteroatoms. The fourth-order valence-electron chi connectivity index (χ4n) is 2.59. The summed E-state index contributed by atoms with van der Waals surface area (Å²) in [4.78, 5) is 8.75. The van der Waals surface area contributed by atoms with Crippen LogP contribution < -0.4 is 0 Å². The first-order valence-corrected chi connectivity index (χ1v) is 7.98. The van der Waals surface area contributed by atoms with Crippen molar-refractivity contribution in [1.29, 1.82) is 0 Å². The van der Waals surface area contributed by atoms with Crippen molar-refractivity contribution in [1.82, 2.24) is 19.6 Å². The lowest BCUT2D eigenvalue weighted by Crippen LogP contribution is -2.35. The molecule has 0 N–H and O–H groups in total. The highest BCUT2D eigenvalue weighted by molar-refractivity contribution is 5.79. The summed E-state index contributed by atoms with van der Waals surface area (Å²) in [6.07, 6.45) is 4.15. The van der Waals surface area contributed by atoms with Crippen LogP contribution in [0.5, 0.6) is 0 Å². The van der Waals surface area contributed by atoms with E-state index in [0.29, 0.717) is 0 Å². The van der Waals surface area contributed by atoms with Gasteiger partial charge in [0.15, 0.2) is 5.96 Å². The molecule has 0 aliphatic carbocycles. The Morgan fingerprint density at radius 1 is 1.09 bits per heavy atom. The molecule has 2 aromatic rings. The van der Waals surface area contributed by atoms with Gasteiger partial charge in [-0.05, 0) is 37.5 Å². The smallest absolute Gasteiger partial charge is 0.195 e. The van der Waals surface area contributed by atoms with Gasteiger partial charge in [0.05, 0.1) is 11.4 Å². The lowest BCUT2D eigenvalue weighted by atomic mass is 10.1. The van der Waals surface area contributed by atoms with Crippen molar-refractivity contribution in [3.05, 3.63) is 47.8 Å². The SMILES string of the molecule is Cc1nn(-c2ccccc2)cc1CCCN=C(N(C)C)N(C)C. The molecule has 1 aromatic carbocycles. The summed E-state index contributed by atoms with van der Waals surface area (Å²) in [5, 5.41) is 4.62. The Bertz CT molecular complexity index is 631. The summed E-state index contributed by atoms with van der Waals surface area (Å²) >= 11 is 0. The summed E-state index contributed by atoms with van der Waals surface area (Å²) in [6, 6.07) is 10.2. The number of aromatic nitrogens is 2.